The Morgan fingerprint density at radius 1 is 1.11 bits per heavy atom. The Morgan fingerprint density at radius 3 is 2.48 bits per heavy atom. The second-order valence-corrected chi connectivity index (χ2v) is 7.22. The number of hydrogen-bond acceptors (Lipinski definition) is 4. The second kappa shape index (κ2) is 7.98. The average Bonchev–Trinajstić information content (AvgIpc) is 3.05. The van der Waals surface area contributed by atoms with Gasteiger partial charge in [-0.2, -0.15) is 0 Å². The number of aliphatic carboxylic acids is 1. The Balaban J connectivity index is 1.93. The number of anilines is 1. The molecule has 1 amide bonds. The Labute approximate surface area is 161 Å². The summed E-state index contributed by atoms with van der Waals surface area (Å²) in [6, 6.07) is 8.88. The van der Waals surface area contributed by atoms with Crippen LogP contribution in [0.1, 0.15) is 17.8 Å². The van der Waals surface area contributed by atoms with E-state index in [0.717, 1.165) is 17.4 Å². The van der Waals surface area contributed by atoms with E-state index in [9.17, 15) is 18.4 Å². The third-order valence-corrected chi connectivity index (χ3v) is 5.04. The monoisotopic (exact) mass is 410 g/mol. The van der Waals surface area contributed by atoms with Crippen molar-refractivity contribution < 1.29 is 23.5 Å². The van der Waals surface area contributed by atoms with E-state index in [2.05, 4.69) is 4.98 Å². The molecule has 1 heterocycles. The minimum atomic E-state index is -1.09. The molecule has 9 heteroatoms. The first-order valence-corrected chi connectivity index (χ1v) is 9.05. The highest BCUT2D eigenvalue weighted by Crippen LogP contribution is 2.28. The molecule has 0 saturated heterocycles. The first-order valence-electron chi connectivity index (χ1n) is 7.86. The number of carboxylic acids is 1. The molecule has 3 aromatic rings. The standard InChI is InChI=1S/C18H13ClF2N2O3S/c19-10-1-3-11(4-2-10)23(15(24)7-8-16(25)26)9-14-22-18-13(27-14)6-5-12(20)17(18)21/h1-6H,7-9H2,(H,25,26). The van der Waals surface area contributed by atoms with E-state index in [-0.39, 0.29) is 24.9 Å². The van der Waals surface area contributed by atoms with Crippen LogP contribution >= 0.6 is 22.9 Å². The van der Waals surface area contributed by atoms with Crippen LogP contribution < -0.4 is 4.90 Å². The molecule has 0 bridgehead atoms. The molecular formula is C18H13ClF2N2O3S. The van der Waals surface area contributed by atoms with E-state index < -0.39 is 23.5 Å². The van der Waals surface area contributed by atoms with Crippen molar-refractivity contribution in [3.8, 4) is 0 Å². The van der Waals surface area contributed by atoms with Gasteiger partial charge in [0.15, 0.2) is 11.6 Å². The summed E-state index contributed by atoms with van der Waals surface area (Å²) in [7, 11) is 0. The predicted octanol–water partition coefficient (Wildman–Crippen LogP) is 4.63. The van der Waals surface area contributed by atoms with Crippen molar-refractivity contribution in [3.63, 3.8) is 0 Å². The molecule has 27 heavy (non-hydrogen) atoms. The maximum absolute atomic E-state index is 13.9. The van der Waals surface area contributed by atoms with Crippen LogP contribution in [0.3, 0.4) is 0 Å². The molecular weight excluding hydrogens is 398 g/mol. The highest BCUT2D eigenvalue weighted by atomic mass is 35.5. The highest BCUT2D eigenvalue weighted by Gasteiger charge is 2.20. The molecule has 1 aromatic heterocycles. The fourth-order valence-electron chi connectivity index (χ4n) is 2.48. The second-order valence-electron chi connectivity index (χ2n) is 5.67. The molecule has 5 nitrogen and oxygen atoms in total. The number of halogens is 3. The predicted molar refractivity (Wildman–Crippen MR) is 99.0 cm³/mol. The number of hydrogen-bond donors (Lipinski definition) is 1. The van der Waals surface area contributed by atoms with Gasteiger partial charge in [0.2, 0.25) is 5.91 Å². The summed E-state index contributed by atoms with van der Waals surface area (Å²) in [6.07, 6.45) is -0.519. The van der Waals surface area contributed by atoms with Gasteiger partial charge in [-0.15, -0.1) is 11.3 Å². The summed E-state index contributed by atoms with van der Waals surface area (Å²) in [5.74, 6) is -3.54. The number of rotatable bonds is 6. The minimum absolute atomic E-state index is 0.000487. The summed E-state index contributed by atoms with van der Waals surface area (Å²) < 4.78 is 27.7. The highest BCUT2D eigenvalue weighted by molar-refractivity contribution is 7.18. The van der Waals surface area contributed by atoms with E-state index in [1.54, 1.807) is 24.3 Å². The molecule has 0 spiro atoms. The fourth-order valence-corrected chi connectivity index (χ4v) is 3.56. The lowest BCUT2D eigenvalue weighted by molar-refractivity contribution is -0.138. The summed E-state index contributed by atoms with van der Waals surface area (Å²) in [5, 5.41) is 9.69. The molecule has 0 aliphatic heterocycles. The van der Waals surface area contributed by atoms with Crippen LogP contribution in [0.4, 0.5) is 14.5 Å². The van der Waals surface area contributed by atoms with Crippen molar-refractivity contribution in [2.75, 3.05) is 4.90 Å². The van der Waals surface area contributed by atoms with Crippen LogP contribution in [0.25, 0.3) is 10.2 Å². The molecule has 0 atom stereocenters. The molecule has 0 fully saturated rings. The Kier molecular flexibility index (Phi) is 5.67. The lowest BCUT2D eigenvalue weighted by Crippen LogP contribution is -2.30. The van der Waals surface area contributed by atoms with Crippen molar-refractivity contribution in [1.29, 1.82) is 0 Å². The number of nitrogens with zero attached hydrogens (tertiary/aromatic N) is 2. The number of carboxylic acid groups (broad SMARTS) is 1. The van der Waals surface area contributed by atoms with Gasteiger partial charge in [-0.1, -0.05) is 11.6 Å². The number of aromatic nitrogens is 1. The zero-order chi connectivity index (χ0) is 19.6. The number of benzene rings is 2. The number of carbonyl (C=O) groups is 2. The lowest BCUT2D eigenvalue weighted by Gasteiger charge is -2.21. The zero-order valence-corrected chi connectivity index (χ0v) is 15.4. The first kappa shape index (κ1) is 19.2. The van der Waals surface area contributed by atoms with Crippen molar-refractivity contribution in [2.24, 2.45) is 0 Å². The third kappa shape index (κ3) is 4.40. The summed E-state index contributed by atoms with van der Waals surface area (Å²) in [5.41, 5.74) is 0.407. The normalized spacial score (nSPS) is 10.9. The SMILES string of the molecule is O=C(O)CCC(=O)N(Cc1nc2c(F)c(F)ccc2s1)c1ccc(Cl)cc1. The molecule has 2 aromatic carbocycles. The van der Waals surface area contributed by atoms with E-state index in [0.29, 0.717) is 20.4 Å². The largest absolute Gasteiger partial charge is 0.481 e. The summed E-state index contributed by atoms with van der Waals surface area (Å²) >= 11 is 7.01. The van der Waals surface area contributed by atoms with Crippen molar-refractivity contribution in [3.05, 3.63) is 58.1 Å². The molecule has 1 N–H and O–H groups in total. The third-order valence-electron chi connectivity index (χ3n) is 3.78. The molecule has 0 aliphatic rings. The Bertz CT molecular complexity index is 1010. The summed E-state index contributed by atoms with van der Waals surface area (Å²) in [4.78, 5) is 28.8. The molecule has 3 rings (SSSR count). The molecule has 140 valence electrons. The van der Waals surface area contributed by atoms with Crippen LogP contribution in [0.2, 0.25) is 5.02 Å². The van der Waals surface area contributed by atoms with Gasteiger partial charge < -0.3 is 10.0 Å². The minimum Gasteiger partial charge on any atom is -0.481 e. The van der Waals surface area contributed by atoms with Gasteiger partial charge in [0, 0.05) is 17.1 Å². The summed E-state index contributed by atoms with van der Waals surface area (Å²) in [6.45, 7) is 0.000487. The van der Waals surface area contributed by atoms with Gasteiger partial charge in [-0.05, 0) is 36.4 Å². The zero-order valence-electron chi connectivity index (χ0n) is 13.8. The quantitative estimate of drug-likeness (QED) is 0.643. The van der Waals surface area contributed by atoms with Gasteiger partial charge in [-0.25, -0.2) is 13.8 Å². The van der Waals surface area contributed by atoms with E-state index in [1.165, 1.54) is 11.0 Å². The Morgan fingerprint density at radius 2 is 1.81 bits per heavy atom. The van der Waals surface area contributed by atoms with Gasteiger partial charge >= 0.3 is 5.97 Å². The van der Waals surface area contributed by atoms with Crippen LogP contribution in [0, 0.1) is 11.6 Å². The molecule has 0 aliphatic carbocycles. The van der Waals surface area contributed by atoms with Crippen LogP contribution in [-0.4, -0.2) is 22.0 Å². The maximum atomic E-state index is 13.9. The van der Waals surface area contributed by atoms with Crippen molar-refractivity contribution in [2.45, 2.75) is 19.4 Å². The molecule has 0 radical (unpaired) electrons. The smallest absolute Gasteiger partial charge is 0.303 e. The van der Waals surface area contributed by atoms with Gasteiger partial charge in [0.25, 0.3) is 0 Å². The van der Waals surface area contributed by atoms with Gasteiger partial charge in [0.05, 0.1) is 17.7 Å². The number of amides is 1. The van der Waals surface area contributed by atoms with Gasteiger partial charge in [-0.3, -0.25) is 9.59 Å². The first-order chi connectivity index (χ1) is 12.8. The fraction of sp³-hybridized carbons (Fsp3) is 0.167. The Hall–Kier alpha value is -2.58. The van der Waals surface area contributed by atoms with E-state index in [1.807, 2.05) is 0 Å². The van der Waals surface area contributed by atoms with E-state index >= 15 is 0 Å². The van der Waals surface area contributed by atoms with Gasteiger partial charge in [0.1, 0.15) is 10.5 Å². The van der Waals surface area contributed by atoms with Crippen LogP contribution in [0.15, 0.2) is 36.4 Å². The maximum Gasteiger partial charge on any atom is 0.303 e. The van der Waals surface area contributed by atoms with Crippen LogP contribution in [0.5, 0.6) is 0 Å². The van der Waals surface area contributed by atoms with E-state index in [4.69, 9.17) is 16.7 Å². The molecule has 0 saturated carbocycles. The topological polar surface area (TPSA) is 70.5 Å². The van der Waals surface area contributed by atoms with Crippen molar-refractivity contribution in [1.82, 2.24) is 4.98 Å². The lowest BCUT2D eigenvalue weighted by atomic mass is 10.2. The van der Waals surface area contributed by atoms with Crippen LogP contribution in [-0.2, 0) is 16.1 Å². The molecule has 0 unspecified atom stereocenters. The number of carbonyl (C=O) groups excluding carboxylic acids is 1. The number of thiazole rings is 1. The van der Waals surface area contributed by atoms with Crippen molar-refractivity contribution >= 4 is 50.7 Å². The average molecular weight is 411 g/mol. The number of fused-ring (bicyclic) bond motifs is 1.